The molecule has 1 aliphatic carbocycles. The summed E-state index contributed by atoms with van der Waals surface area (Å²) in [5.74, 6) is -0.863. The second-order valence-electron chi connectivity index (χ2n) is 4.88. The Hall–Kier alpha value is -0.500. The van der Waals surface area contributed by atoms with Crippen molar-refractivity contribution >= 4 is 26.0 Å². The Balaban J connectivity index is 2.50. The lowest BCUT2D eigenvalue weighted by molar-refractivity contribution is 0.274. The molecule has 4 nitrogen and oxygen atoms in total. The first-order chi connectivity index (χ1) is 9.41. The number of benzene rings is 1. The Labute approximate surface area is 126 Å². The highest BCUT2D eigenvalue weighted by molar-refractivity contribution is 9.10. The molecule has 1 fully saturated rings. The van der Waals surface area contributed by atoms with E-state index in [9.17, 15) is 12.8 Å². The molecule has 1 aromatic rings. The first-order valence-electron chi connectivity index (χ1n) is 6.52. The normalized spacial score (nSPS) is 15.8. The number of rotatable bonds is 6. The Morgan fingerprint density at radius 2 is 2.10 bits per heavy atom. The lowest BCUT2D eigenvalue weighted by Gasteiger charge is -2.22. The fourth-order valence-electron chi connectivity index (χ4n) is 2.13. The van der Waals surface area contributed by atoms with Crippen LogP contribution < -0.4 is 0 Å². The number of aliphatic hydroxyl groups is 1. The molecule has 0 atom stereocenters. The molecule has 1 N–H and O–H groups in total. The maximum atomic E-state index is 14.2. The van der Waals surface area contributed by atoms with Gasteiger partial charge in [0.05, 0.1) is 6.61 Å². The molecule has 0 aliphatic heterocycles. The molecule has 1 aliphatic rings. The third-order valence-electron chi connectivity index (χ3n) is 3.23. The maximum absolute atomic E-state index is 14.2. The number of sulfonamides is 1. The van der Waals surface area contributed by atoms with Gasteiger partial charge in [0, 0.05) is 22.6 Å². The molecular formula is C13H17BrFNO3S. The summed E-state index contributed by atoms with van der Waals surface area (Å²) in [5.41, 5.74) is -0.0230. The van der Waals surface area contributed by atoms with E-state index in [-0.39, 0.29) is 16.5 Å². The summed E-state index contributed by atoms with van der Waals surface area (Å²) in [6.07, 6.45) is 2.32. The van der Waals surface area contributed by atoms with Gasteiger partial charge >= 0.3 is 0 Å². The molecule has 2 rings (SSSR count). The van der Waals surface area contributed by atoms with Crippen molar-refractivity contribution in [1.29, 1.82) is 0 Å². The first kappa shape index (κ1) is 15.9. The molecule has 112 valence electrons. The molecule has 0 saturated heterocycles. The van der Waals surface area contributed by atoms with E-state index < -0.39 is 22.4 Å². The van der Waals surface area contributed by atoms with E-state index in [1.54, 1.807) is 0 Å². The van der Waals surface area contributed by atoms with Crippen LogP contribution in [0.3, 0.4) is 0 Å². The van der Waals surface area contributed by atoms with E-state index in [4.69, 9.17) is 5.11 Å². The van der Waals surface area contributed by atoms with E-state index >= 15 is 0 Å². The molecule has 20 heavy (non-hydrogen) atoms. The summed E-state index contributed by atoms with van der Waals surface area (Å²) in [6, 6.07) is 2.63. The van der Waals surface area contributed by atoms with Crippen LogP contribution in [-0.2, 0) is 16.6 Å². The second-order valence-corrected chi connectivity index (χ2v) is 7.66. The van der Waals surface area contributed by atoms with E-state index in [0.29, 0.717) is 17.4 Å². The summed E-state index contributed by atoms with van der Waals surface area (Å²) in [5, 5.41) is 9.13. The molecular weight excluding hydrogens is 349 g/mol. The fourth-order valence-corrected chi connectivity index (χ4v) is 4.70. The summed E-state index contributed by atoms with van der Waals surface area (Å²) < 4.78 is 41.3. The molecule has 0 spiro atoms. The topological polar surface area (TPSA) is 57.6 Å². The molecule has 0 unspecified atom stereocenters. The monoisotopic (exact) mass is 365 g/mol. The van der Waals surface area contributed by atoms with Crippen molar-refractivity contribution in [1.82, 2.24) is 4.31 Å². The Bertz CT molecular complexity index is 602. The van der Waals surface area contributed by atoms with Crippen LogP contribution in [0, 0.1) is 5.82 Å². The van der Waals surface area contributed by atoms with E-state index in [0.717, 1.165) is 12.8 Å². The lowest BCUT2D eigenvalue weighted by Crippen LogP contribution is -2.34. The van der Waals surface area contributed by atoms with Crippen LogP contribution in [0.25, 0.3) is 0 Å². The highest BCUT2D eigenvalue weighted by Gasteiger charge is 2.39. The molecule has 0 bridgehead atoms. The Kier molecular flexibility index (Phi) is 4.84. The zero-order chi connectivity index (χ0) is 14.9. The van der Waals surface area contributed by atoms with Crippen LogP contribution in [0.4, 0.5) is 4.39 Å². The number of halogens is 2. The van der Waals surface area contributed by atoms with Crippen LogP contribution >= 0.6 is 15.9 Å². The van der Waals surface area contributed by atoms with Gasteiger partial charge in [-0.1, -0.05) is 22.9 Å². The molecule has 1 saturated carbocycles. The predicted octanol–water partition coefficient (Wildman–Crippen LogP) is 2.64. The summed E-state index contributed by atoms with van der Waals surface area (Å²) in [6.45, 7) is 1.74. The molecule has 1 aromatic carbocycles. The van der Waals surface area contributed by atoms with Crippen molar-refractivity contribution in [2.24, 2.45) is 0 Å². The molecule has 0 radical (unpaired) electrons. The average Bonchev–Trinajstić information content (AvgIpc) is 3.22. The molecule has 0 amide bonds. The van der Waals surface area contributed by atoms with Crippen molar-refractivity contribution in [2.45, 2.75) is 43.7 Å². The third-order valence-corrected chi connectivity index (χ3v) is 5.64. The van der Waals surface area contributed by atoms with Crippen LogP contribution in [0.5, 0.6) is 0 Å². The predicted molar refractivity (Wildman–Crippen MR) is 77.2 cm³/mol. The van der Waals surface area contributed by atoms with Gasteiger partial charge in [0.25, 0.3) is 0 Å². The third kappa shape index (κ3) is 3.05. The molecule has 7 heteroatoms. The maximum Gasteiger partial charge on any atom is 0.246 e. The van der Waals surface area contributed by atoms with Gasteiger partial charge in [-0.05, 0) is 31.4 Å². The van der Waals surface area contributed by atoms with Crippen molar-refractivity contribution in [3.05, 3.63) is 28.0 Å². The van der Waals surface area contributed by atoms with E-state index in [1.165, 1.54) is 16.4 Å². The second kappa shape index (κ2) is 6.09. The quantitative estimate of drug-likeness (QED) is 0.842. The molecule has 0 aromatic heterocycles. The zero-order valence-corrected chi connectivity index (χ0v) is 13.5. The van der Waals surface area contributed by atoms with E-state index in [2.05, 4.69) is 15.9 Å². The first-order valence-corrected chi connectivity index (χ1v) is 8.75. The van der Waals surface area contributed by atoms with Crippen LogP contribution in [0.2, 0.25) is 0 Å². The van der Waals surface area contributed by atoms with Crippen molar-refractivity contribution < 1.29 is 17.9 Å². The largest absolute Gasteiger partial charge is 0.392 e. The Morgan fingerprint density at radius 3 is 2.60 bits per heavy atom. The van der Waals surface area contributed by atoms with Gasteiger partial charge in [0.2, 0.25) is 10.0 Å². The van der Waals surface area contributed by atoms with Gasteiger partial charge in [-0.15, -0.1) is 0 Å². The van der Waals surface area contributed by atoms with Gasteiger partial charge in [-0.2, -0.15) is 4.31 Å². The fraction of sp³-hybridized carbons (Fsp3) is 0.538. The zero-order valence-electron chi connectivity index (χ0n) is 11.1. The van der Waals surface area contributed by atoms with Gasteiger partial charge in [-0.25, -0.2) is 12.8 Å². The highest BCUT2D eigenvalue weighted by Crippen LogP contribution is 2.34. The van der Waals surface area contributed by atoms with Crippen molar-refractivity contribution in [3.8, 4) is 0 Å². The average molecular weight is 366 g/mol. The van der Waals surface area contributed by atoms with Gasteiger partial charge < -0.3 is 5.11 Å². The minimum atomic E-state index is -3.87. The van der Waals surface area contributed by atoms with Gasteiger partial charge in [0.15, 0.2) is 0 Å². The standard InChI is InChI=1S/C13H17BrFNO3S/c1-2-5-16(11-3-4-11)20(18,19)12-7-10(14)6-9(8-17)13(12)15/h6-7,11,17H,2-5,8H2,1H3. The minimum absolute atomic E-state index is 0.0177. The molecule has 0 heterocycles. The summed E-state index contributed by atoms with van der Waals surface area (Å²) >= 11 is 3.16. The number of aliphatic hydroxyl groups excluding tert-OH is 1. The Morgan fingerprint density at radius 1 is 1.45 bits per heavy atom. The summed E-state index contributed by atoms with van der Waals surface area (Å²) in [4.78, 5) is -0.365. The van der Waals surface area contributed by atoms with Gasteiger partial charge in [-0.3, -0.25) is 0 Å². The SMILES string of the molecule is CCCN(C1CC1)S(=O)(=O)c1cc(Br)cc(CO)c1F. The number of nitrogens with zero attached hydrogens (tertiary/aromatic N) is 1. The number of hydrogen-bond donors (Lipinski definition) is 1. The number of hydrogen-bond acceptors (Lipinski definition) is 3. The smallest absolute Gasteiger partial charge is 0.246 e. The van der Waals surface area contributed by atoms with Gasteiger partial charge in [0.1, 0.15) is 10.7 Å². The van der Waals surface area contributed by atoms with Crippen LogP contribution in [0.15, 0.2) is 21.5 Å². The van der Waals surface area contributed by atoms with E-state index in [1.807, 2.05) is 6.92 Å². The van der Waals surface area contributed by atoms with Crippen molar-refractivity contribution in [2.75, 3.05) is 6.54 Å². The minimum Gasteiger partial charge on any atom is -0.392 e. The summed E-state index contributed by atoms with van der Waals surface area (Å²) in [7, 11) is -3.87. The van der Waals surface area contributed by atoms with Crippen LogP contribution in [0.1, 0.15) is 31.7 Å². The van der Waals surface area contributed by atoms with Crippen molar-refractivity contribution in [3.63, 3.8) is 0 Å². The highest BCUT2D eigenvalue weighted by atomic mass is 79.9. The lowest BCUT2D eigenvalue weighted by atomic mass is 10.2. The van der Waals surface area contributed by atoms with Crippen LogP contribution in [-0.4, -0.2) is 30.4 Å².